The molecule has 0 saturated heterocycles. The average Bonchev–Trinajstić information content (AvgIpc) is 2.28. The number of para-hydroxylation sites is 1. The van der Waals surface area contributed by atoms with Crippen molar-refractivity contribution in [2.24, 2.45) is 11.8 Å². The molecule has 18 heavy (non-hydrogen) atoms. The van der Waals surface area contributed by atoms with Crippen molar-refractivity contribution in [2.45, 2.75) is 40.0 Å². The minimum atomic E-state index is 0.116. The van der Waals surface area contributed by atoms with E-state index in [4.69, 9.17) is 4.74 Å². The molecule has 0 bridgehead atoms. The minimum absolute atomic E-state index is 0.116. The van der Waals surface area contributed by atoms with Gasteiger partial charge in [-0.2, -0.15) is 12.6 Å². The molecule has 1 atom stereocenters. The van der Waals surface area contributed by atoms with Gasteiger partial charge < -0.3 is 4.74 Å². The van der Waals surface area contributed by atoms with E-state index in [0.717, 1.165) is 18.1 Å². The molecule has 1 aromatic rings. The molecule has 0 amide bonds. The Hall–Kier alpha value is -0.630. The van der Waals surface area contributed by atoms with Crippen molar-refractivity contribution < 1.29 is 4.74 Å². The van der Waals surface area contributed by atoms with Gasteiger partial charge in [0, 0.05) is 5.92 Å². The van der Waals surface area contributed by atoms with E-state index in [0.29, 0.717) is 11.8 Å². The van der Waals surface area contributed by atoms with E-state index in [1.54, 1.807) is 0 Å². The van der Waals surface area contributed by atoms with Crippen molar-refractivity contribution >= 4 is 12.6 Å². The third-order valence-electron chi connectivity index (χ3n) is 3.33. The Balaban J connectivity index is 2.79. The highest BCUT2D eigenvalue weighted by Gasteiger charge is 2.19. The molecule has 1 unspecified atom stereocenters. The SMILES string of the molecule is CC(C)C(CS)COc1ccccc1C(C)(C)C. The van der Waals surface area contributed by atoms with E-state index in [-0.39, 0.29) is 5.41 Å². The zero-order valence-electron chi connectivity index (χ0n) is 12.2. The zero-order valence-corrected chi connectivity index (χ0v) is 13.1. The number of hydrogen-bond donors (Lipinski definition) is 1. The first-order chi connectivity index (χ1) is 8.36. The maximum absolute atomic E-state index is 6.03. The highest BCUT2D eigenvalue weighted by Crippen LogP contribution is 2.31. The Bertz CT molecular complexity index is 366. The van der Waals surface area contributed by atoms with Crippen LogP contribution in [0.2, 0.25) is 0 Å². The van der Waals surface area contributed by atoms with Crippen LogP contribution in [0.5, 0.6) is 5.75 Å². The van der Waals surface area contributed by atoms with Crippen LogP contribution in [0.4, 0.5) is 0 Å². The van der Waals surface area contributed by atoms with Crippen LogP contribution in [0.15, 0.2) is 24.3 Å². The first-order valence-corrected chi connectivity index (χ1v) is 7.32. The first-order valence-electron chi connectivity index (χ1n) is 6.69. The van der Waals surface area contributed by atoms with Crippen LogP contribution < -0.4 is 4.74 Å². The number of thiol groups is 1. The lowest BCUT2D eigenvalue weighted by Gasteiger charge is -2.25. The largest absolute Gasteiger partial charge is 0.493 e. The van der Waals surface area contributed by atoms with Crippen molar-refractivity contribution in [3.63, 3.8) is 0 Å². The molecule has 0 N–H and O–H groups in total. The lowest BCUT2D eigenvalue weighted by atomic mass is 9.86. The summed E-state index contributed by atoms with van der Waals surface area (Å²) < 4.78 is 6.03. The van der Waals surface area contributed by atoms with Crippen LogP contribution in [-0.2, 0) is 5.41 Å². The third kappa shape index (κ3) is 4.24. The van der Waals surface area contributed by atoms with Crippen LogP contribution in [0.1, 0.15) is 40.2 Å². The lowest BCUT2D eigenvalue weighted by molar-refractivity contribution is 0.223. The molecule has 0 radical (unpaired) electrons. The predicted octanol–water partition coefficient (Wildman–Crippen LogP) is 4.56. The summed E-state index contributed by atoms with van der Waals surface area (Å²) in [5.41, 5.74) is 1.39. The van der Waals surface area contributed by atoms with Crippen molar-refractivity contribution in [1.82, 2.24) is 0 Å². The van der Waals surface area contributed by atoms with E-state index >= 15 is 0 Å². The van der Waals surface area contributed by atoms with Gasteiger partial charge in [-0.25, -0.2) is 0 Å². The molecular formula is C16H26OS. The Morgan fingerprint density at radius 2 is 1.78 bits per heavy atom. The van der Waals surface area contributed by atoms with Gasteiger partial charge in [-0.15, -0.1) is 0 Å². The molecule has 0 aliphatic heterocycles. The number of rotatable bonds is 5. The number of hydrogen-bond acceptors (Lipinski definition) is 2. The smallest absolute Gasteiger partial charge is 0.123 e. The van der Waals surface area contributed by atoms with Crippen molar-refractivity contribution in [1.29, 1.82) is 0 Å². The molecule has 2 heteroatoms. The highest BCUT2D eigenvalue weighted by molar-refractivity contribution is 7.80. The maximum Gasteiger partial charge on any atom is 0.123 e. The summed E-state index contributed by atoms with van der Waals surface area (Å²) in [7, 11) is 0. The van der Waals surface area contributed by atoms with Gasteiger partial charge >= 0.3 is 0 Å². The summed E-state index contributed by atoms with van der Waals surface area (Å²) in [6, 6.07) is 8.33. The molecule has 0 aliphatic carbocycles. The molecular weight excluding hydrogens is 240 g/mol. The molecule has 1 nitrogen and oxygen atoms in total. The van der Waals surface area contributed by atoms with Gasteiger partial charge in [0.25, 0.3) is 0 Å². The van der Waals surface area contributed by atoms with E-state index in [1.165, 1.54) is 5.56 Å². The van der Waals surface area contributed by atoms with E-state index < -0.39 is 0 Å². The van der Waals surface area contributed by atoms with Gasteiger partial charge in [0.05, 0.1) is 6.61 Å². The zero-order chi connectivity index (χ0) is 13.8. The Morgan fingerprint density at radius 3 is 2.28 bits per heavy atom. The molecule has 0 aliphatic rings. The second-order valence-corrected chi connectivity index (χ2v) is 6.61. The number of benzene rings is 1. The van der Waals surface area contributed by atoms with Gasteiger partial charge in [-0.05, 0) is 28.7 Å². The fourth-order valence-corrected chi connectivity index (χ4v) is 2.39. The van der Waals surface area contributed by atoms with Gasteiger partial charge in [0.1, 0.15) is 5.75 Å². The molecule has 0 heterocycles. The summed E-state index contributed by atoms with van der Waals surface area (Å²) in [5, 5.41) is 0. The molecule has 0 spiro atoms. The fourth-order valence-electron chi connectivity index (χ4n) is 1.86. The van der Waals surface area contributed by atoms with Crippen LogP contribution in [0.3, 0.4) is 0 Å². The monoisotopic (exact) mass is 266 g/mol. The van der Waals surface area contributed by atoms with E-state index in [9.17, 15) is 0 Å². The molecule has 1 rings (SSSR count). The van der Waals surface area contributed by atoms with E-state index in [2.05, 4.69) is 65.4 Å². The average molecular weight is 266 g/mol. The van der Waals surface area contributed by atoms with Crippen molar-refractivity contribution in [3.05, 3.63) is 29.8 Å². The normalized spacial score (nSPS) is 13.7. The maximum atomic E-state index is 6.03. The number of ether oxygens (including phenoxy) is 1. The minimum Gasteiger partial charge on any atom is -0.493 e. The molecule has 102 valence electrons. The Morgan fingerprint density at radius 1 is 1.17 bits per heavy atom. The molecule has 0 aromatic heterocycles. The summed E-state index contributed by atoms with van der Waals surface area (Å²) >= 11 is 4.40. The quantitative estimate of drug-likeness (QED) is 0.768. The second-order valence-electron chi connectivity index (χ2n) is 6.24. The molecule has 0 fully saturated rings. The topological polar surface area (TPSA) is 9.23 Å². The van der Waals surface area contributed by atoms with Crippen molar-refractivity contribution in [3.8, 4) is 5.75 Å². The summed E-state index contributed by atoms with van der Waals surface area (Å²) in [6.07, 6.45) is 0. The van der Waals surface area contributed by atoms with Crippen LogP contribution >= 0.6 is 12.6 Å². The summed E-state index contributed by atoms with van der Waals surface area (Å²) in [6.45, 7) is 11.8. The Kier molecular flexibility index (Phi) is 5.58. The summed E-state index contributed by atoms with van der Waals surface area (Å²) in [4.78, 5) is 0. The van der Waals surface area contributed by atoms with Crippen LogP contribution in [0, 0.1) is 11.8 Å². The van der Waals surface area contributed by atoms with Gasteiger partial charge in [0.2, 0.25) is 0 Å². The van der Waals surface area contributed by atoms with Crippen molar-refractivity contribution in [2.75, 3.05) is 12.4 Å². The molecule has 1 aromatic carbocycles. The van der Waals surface area contributed by atoms with Gasteiger partial charge in [-0.3, -0.25) is 0 Å². The predicted molar refractivity (Wildman–Crippen MR) is 82.8 cm³/mol. The molecule has 0 saturated carbocycles. The van der Waals surface area contributed by atoms with Gasteiger partial charge in [-0.1, -0.05) is 52.8 Å². The summed E-state index contributed by atoms with van der Waals surface area (Å²) in [5.74, 6) is 2.98. The van der Waals surface area contributed by atoms with E-state index in [1.807, 2.05) is 6.07 Å². The first kappa shape index (κ1) is 15.4. The lowest BCUT2D eigenvalue weighted by Crippen LogP contribution is -2.21. The van der Waals surface area contributed by atoms with Crippen LogP contribution in [-0.4, -0.2) is 12.4 Å². The van der Waals surface area contributed by atoms with Gasteiger partial charge in [0.15, 0.2) is 0 Å². The fraction of sp³-hybridized carbons (Fsp3) is 0.625. The van der Waals surface area contributed by atoms with Crippen LogP contribution in [0.25, 0.3) is 0 Å². The highest BCUT2D eigenvalue weighted by atomic mass is 32.1. The second kappa shape index (κ2) is 6.51. The standard InChI is InChI=1S/C16H26OS/c1-12(2)13(11-18)10-17-15-9-7-6-8-14(15)16(3,4)5/h6-9,12-13,18H,10-11H2,1-5H3. The Labute approximate surface area is 117 Å². The third-order valence-corrected chi connectivity index (χ3v) is 3.79.